The van der Waals surface area contributed by atoms with Gasteiger partial charge >= 0.3 is 5.97 Å². The van der Waals surface area contributed by atoms with Crippen LogP contribution in [-0.2, 0) is 9.53 Å². The number of hydrogen-bond donors (Lipinski definition) is 0. The van der Waals surface area contributed by atoms with Crippen LogP contribution in [-0.4, -0.2) is 12.1 Å². The second-order valence-electron chi connectivity index (χ2n) is 6.48. The van der Waals surface area contributed by atoms with Crippen LogP contribution in [0.2, 0.25) is 0 Å². The Balaban J connectivity index is 1.86. The van der Waals surface area contributed by atoms with E-state index in [1.54, 1.807) is 0 Å². The van der Waals surface area contributed by atoms with Gasteiger partial charge in [-0.05, 0) is 37.5 Å². The summed E-state index contributed by atoms with van der Waals surface area (Å²) in [5, 5.41) is 0. The van der Waals surface area contributed by atoms with E-state index in [0.29, 0.717) is 12.3 Å². The van der Waals surface area contributed by atoms with E-state index in [4.69, 9.17) is 4.74 Å². The molecule has 0 amide bonds. The molecule has 2 aliphatic rings. The first kappa shape index (κ1) is 14.9. The van der Waals surface area contributed by atoms with Crippen LogP contribution in [0.3, 0.4) is 0 Å². The topological polar surface area (TPSA) is 26.3 Å². The summed E-state index contributed by atoms with van der Waals surface area (Å²) < 4.78 is 5.82. The first-order valence-electron chi connectivity index (χ1n) is 8.50. The molecule has 2 saturated carbocycles. The molecule has 0 spiro atoms. The highest BCUT2D eigenvalue weighted by molar-refractivity contribution is 5.69. The molecule has 0 radical (unpaired) electrons. The molecule has 2 heteroatoms. The Morgan fingerprint density at radius 2 is 1.68 bits per heavy atom. The highest BCUT2D eigenvalue weighted by Crippen LogP contribution is 2.39. The van der Waals surface area contributed by atoms with Crippen molar-refractivity contribution >= 4 is 5.97 Å². The van der Waals surface area contributed by atoms with Crippen molar-refractivity contribution in [2.24, 2.45) is 11.8 Å². The van der Waals surface area contributed by atoms with Crippen LogP contribution in [0.4, 0.5) is 0 Å². The van der Waals surface area contributed by atoms with Gasteiger partial charge in [0.25, 0.3) is 0 Å². The van der Waals surface area contributed by atoms with Gasteiger partial charge in [-0.25, -0.2) is 0 Å². The molecule has 0 heterocycles. The van der Waals surface area contributed by atoms with E-state index in [1.165, 1.54) is 51.4 Å². The fourth-order valence-corrected chi connectivity index (χ4v) is 3.92. The quantitative estimate of drug-likeness (QED) is 0.664. The fraction of sp³-hybridized carbons (Fsp3) is 0.941. The Morgan fingerprint density at radius 3 is 2.42 bits per heavy atom. The maximum atomic E-state index is 11.9. The van der Waals surface area contributed by atoms with E-state index < -0.39 is 0 Å². The highest BCUT2D eigenvalue weighted by Gasteiger charge is 2.34. The lowest BCUT2D eigenvalue weighted by atomic mass is 9.72. The molecule has 2 rings (SSSR count). The SMILES string of the molecule is CCCCC(=O)OC1CCCCC1C1CCCCC1. The molecule has 0 bridgehead atoms. The van der Waals surface area contributed by atoms with Crippen molar-refractivity contribution in [3.05, 3.63) is 0 Å². The van der Waals surface area contributed by atoms with Crippen molar-refractivity contribution in [2.45, 2.75) is 90.1 Å². The predicted octanol–water partition coefficient (Wildman–Crippen LogP) is 4.86. The van der Waals surface area contributed by atoms with Gasteiger partial charge < -0.3 is 4.74 Å². The number of hydrogen-bond acceptors (Lipinski definition) is 2. The monoisotopic (exact) mass is 266 g/mol. The van der Waals surface area contributed by atoms with Crippen molar-refractivity contribution in [1.82, 2.24) is 0 Å². The highest BCUT2D eigenvalue weighted by atomic mass is 16.5. The summed E-state index contributed by atoms with van der Waals surface area (Å²) in [6, 6.07) is 0. The van der Waals surface area contributed by atoms with Gasteiger partial charge in [0.1, 0.15) is 6.10 Å². The minimum Gasteiger partial charge on any atom is -0.462 e. The van der Waals surface area contributed by atoms with E-state index in [-0.39, 0.29) is 12.1 Å². The molecular formula is C17H30O2. The molecule has 2 unspecified atom stereocenters. The number of rotatable bonds is 5. The molecular weight excluding hydrogens is 236 g/mol. The molecule has 0 aromatic heterocycles. The molecule has 2 aliphatic carbocycles. The Hall–Kier alpha value is -0.530. The van der Waals surface area contributed by atoms with Crippen molar-refractivity contribution in [2.75, 3.05) is 0 Å². The van der Waals surface area contributed by atoms with Crippen LogP contribution in [0, 0.1) is 11.8 Å². The average molecular weight is 266 g/mol. The summed E-state index contributed by atoms with van der Waals surface area (Å²) in [5.74, 6) is 1.55. The number of carbonyl (C=O) groups is 1. The minimum absolute atomic E-state index is 0.0505. The first-order chi connectivity index (χ1) is 9.31. The maximum absolute atomic E-state index is 11.9. The van der Waals surface area contributed by atoms with Gasteiger partial charge in [0.15, 0.2) is 0 Å². The van der Waals surface area contributed by atoms with Crippen molar-refractivity contribution < 1.29 is 9.53 Å². The summed E-state index contributed by atoms with van der Waals surface area (Å²) in [5.41, 5.74) is 0. The normalized spacial score (nSPS) is 29.1. The van der Waals surface area contributed by atoms with E-state index in [0.717, 1.165) is 25.2 Å². The molecule has 0 aromatic rings. The van der Waals surface area contributed by atoms with Gasteiger partial charge in [-0.2, -0.15) is 0 Å². The number of unbranched alkanes of at least 4 members (excludes halogenated alkanes) is 1. The average Bonchev–Trinajstić information content (AvgIpc) is 2.46. The number of esters is 1. The largest absolute Gasteiger partial charge is 0.462 e. The van der Waals surface area contributed by atoms with Crippen LogP contribution >= 0.6 is 0 Å². The summed E-state index contributed by atoms with van der Waals surface area (Å²) in [7, 11) is 0. The summed E-state index contributed by atoms with van der Waals surface area (Å²) >= 11 is 0. The number of carbonyl (C=O) groups excluding carboxylic acids is 1. The summed E-state index contributed by atoms with van der Waals surface area (Å²) in [6.45, 7) is 2.12. The molecule has 0 aliphatic heterocycles. The Labute approximate surface area is 118 Å². The predicted molar refractivity (Wildman–Crippen MR) is 77.9 cm³/mol. The lowest BCUT2D eigenvalue weighted by Gasteiger charge is -2.38. The zero-order valence-corrected chi connectivity index (χ0v) is 12.5. The van der Waals surface area contributed by atoms with Crippen molar-refractivity contribution in [3.8, 4) is 0 Å². The van der Waals surface area contributed by atoms with Crippen LogP contribution in [0.5, 0.6) is 0 Å². The molecule has 2 atom stereocenters. The Kier molecular flexibility index (Phi) is 6.19. The second kappa shape index (κ2) is 7.91. The zero-order valence-electron chi connectivity index (χ0n) is 12.5. The van der Waals surface area contributed by atoms with E-state index >= 15 is 0 Å². The molecule has 0 saturated heterocycles. The fourth-order valence-electron chi connectivity index (χ4n) is 3.92. The van der Waals surface area contributed by atoms with Gasteiger partial charge in [0.2, 0.25) is 0 Å². The van der Waals surface area contributed by atoms with Crippen LogP contribution in [0.1, 0.15) is 84.0 Å². The molecule has 110 valence electrons. The van der Waals surface area contributed by atoms with E-state index in [2.05, 4.69) is 6.92 Å². The third-order valence-corrected chi connectivity index (χ3v) is 5.03. The smallest absolute Gasteiger partial charge is 0.306 e. The van der Waals surface area contributed by atoms with Gasteiger partial charge in [-0.15, -0.1) is 0 Å². The first-order valence-corrected chi connectivity index (χ1v) is 8.50. The van der Waals surface area contributed by atoms with Gasteiger partial charge in [-0.3, -0.25) is 4.79 Å². The molecule has 0 N–H and O–H groups in total. The third kappa shape index (κ3) is 4.50. The lowest BCUT2D eigenvalue weighted by Crippen LogP contribution is -2.35. The van der Waals surface area contributed by atoms with Gasteiger partial charge in [0.05, 0.1) is 0 Å². The molecule has 2 nitrogen and oxygen atoms in total. The minimum atomic E-state index is 0.0505. The Morgan fingerprint density at radius 1 is 1.00 bits per heavy atom. The number of ether oxygens (including phenoxy) is 1. The van der Waals surface area contributed by atoms with E-state index in [9.17, 15) is 4.79 Å². The third-order valence-electron chi connectivity index (χ3n) is 5.03. The van der Waals surface area contributed by atoms with Crippen LogP contribution in [0.25, 0.3) is 0 Å². The zero-order chi connectivity index (χ0) is 13.5. The molecule has 19 heavy (non-hydrogen) atoms. The summed E-state index contributed by atoms with van der Waals surface area (Å²) in [6.07, 6.45) is 14.8. The second-order valence-corrected chi connectivity index (χ2v) is 6.48. The molecule has 2 fully saturated rings. The van der Waals surface area contributed by atoms with Crippen molar-refractivity contribution in [3.63, 3.8) is 0 Å². The maximum Gasteiger partial charge on any atom is 0.306 e. The lowest BCUT2D eigenvalue weighted by molar-refractivity contribution is -0.155. The van der Waals surface area contributed by atoms with E-state index in [1.807, 2.05) is 0 Å². The van der Waals surface area contributed by atoms with Crippen molar-refractivity contribution in [1.29, 1.82) is 0 Å². The van der Waals surface area contributed by atoms with Crippen LogP contribution < -0.4 is 0 Å². The summed E-state index contributed by atoms with van der Waals surface area (Å²) in [4.78, 5) is 11.9. The molecule has 0 aromatic carbocycles. The van der Waals surface area contributed by atoms with Crippen LogP contribution in [0.15, 0.2) is 0 Å². The standard InChI is InChI=1S/C17H30O2/c1-2-3-13-17(18)19-16-12-8-7-11-15(16)14-9-5-4-6-10-14/h14-16H,2-13H2,1H3. The van der Waals surface area contributed by atoms with Gasteiger partial charge in [0, 0.05) is 6.42 Å². The van der Waals surface area contributed by atoms with Gasteiger partial charge in [-0.1, -0.05) is 51.9 Å². The Bertz CT molecular complexity index is 268.